The first-order chi connectivity index (χ1) is 8.25. The van der Waals surface area contributed by atoms with Gasteiger partial charge in [0.1, 0.15) is 5.75 Å². The Morgan fingerprint density at radius 3 is 2.78 bits per heavy atom. The van der Waals surface area contributed by atoms with E-state index in [0.29, 0.717) is 6.54 Å². The van der Waals surface area contributed by atoms with Crippen molar-refractivity contribution in [3.8, 4) is 5.75 Å². The van der Waals surface area contributed by atoms with Crippen molar-refractivity contribution in [1.82, 2.24) is 4.90 Å². The summed E-state index contributed by atoms with van der Waals surface area (Å²) >= 11 is 0. The first kappa shape index (κ1) is 14.8. The zero-order chi connectivity index (χ0) is 12.1. The van der Waals surface area contributed by atoms with E-state index in [4.69, 9.17) is 10.5 Å². The number of ether oxygens (including phenoxy) is 1. The van der Waals surface area contributed by atoms with Crippen molar-refractivity contribution < 1.29 is 9.53 Å². The van der Waals surface area contributed by atoms with Crippen LogP contribution in [0.2, 0.25) is 0 Å². The lowest BCUT2D eigenvalue weighted by Gasteiger charge is -2.30. The second kappa shape index (κ2) is 7.24. The Morgan fingerprint density at radius 1 is 1.39 bits per heavy atom. The molecule has 5 heteroatoms. The van der Waals surface area contributed by atoms with Gasteiger partial charge in [-0.25, -0.2) is 0 Å². The highest BCUT2D eigenvalue weighted by molar-refractivity contribution is 5.85. The second-order valence-electron chi connectivity index (χ2n) is 4.34. The molecule has 4 nitrogen and oxygen atoms in total. The van der Waals surface area contributed by atoms with Crippen molar-refractivity contribution in [2.45, 2.75) is 18.9 Å². The highest BCUT2D eigenvalue weighted by Crippen LogP contribution is 2.11. The van der Waals surface area contributed by atoms with Crippen molar-refractivity contribution in [1.29, 1.82) is 0 Å². The summed E-state index contributed by atoms with van der Waals surface area (Å²) in [5, 5.41) is 0. The van der Waals surface area contributed by atoms with Gasteiger partial charge in [0.25, 0.3) is 5.91 Å². The van der Waals surface area contributed by atoms with Crippen LogP contribution in [0.4, 0.5) is 0 Å². The summed E-state index contributed by atoms with van der Waals surface area (Å²) in [4.78, 5) is 13.7. The van der Waals surface area contributed by atoms with Crippen LogP contribution in [-0.4, -0.2) is 36.5 Å². The molecular weight excluding hydrogens is 252 g/mol. The molecule has 1 fully saturated rings. The van der Waals surface area contributed by atoms with E-state index in [1.165, 1.54) is 0 Å². The lowest BCUT2D eigenvalue weighted by atomic mass is 10.1. The molecule has 1 aliphatic rings. The first-order valence-electron chi connectivity index (χ1n) is 5.97. The monoisotopic (exact) mass is 270 g/mol. The minimum atomic E-state index is 0. The Kier molecular flexibility index (Phi) is 5.95. The van der Waals surface area contributed by atoms with Gasteiger partial charge in [-0.05, 0) is 25.0 Å². The van der Waals surface area contributed by atoms with Gasteiger partial charge in [-0.2, -0.15) is 0 Å². The van der Waals surface area contributed by atoms with E-state index in [1.807, 2.05) is 30.3 Å². The molecule has 0 radical (unpaired) electrons. The third-order valence-electron chi connectivity index (χ3n) is 2.92. The molecule has 1 heterocycles. The number of piperidine rings is 1. The molecule has 0 aliphatic carbocycles. The van der Waals surface area contributed by atoms with E-state index in [-0.39, 0.29) is 31.0 Å². The van der Waals surface area contributed by atoms with Gasteiger partial charge in [0, 0.05) is 19.1 Å². The zero-order valence-corrected chi connectivity index (χ0v) is 11.1. The smallest absolute Gasteiger partial charge is 0.260 e. The number of nitrogens with two attached hydrogens (primary N) is 1. The Balaban J connectivity index is 0.00000162. The summed E-state index contributed by atoms with van der Waals surface area (Å²) in [5.74, 6) is 0.742. The molecule has 0 saturated carbocycles. The second-order valence-corrected chi connectivity index (χ2v) is 4.34. The fourth-order valence-electron chi connectivity index (χ4n) is 1.99. The van der Waals surface area contributed by atoms with Gasteiger partial charge in [-0.3, -0.25) is 4.79 Å². The van der Waals surface area contributed by atoms with E-state index in [2.05, 4.69) is 0 Å². The standard InChI is InChI=1S/C13H18N2O2.ClH/c14-11-5-4-8-15(9-11)13(16)10-17-12-6-2-1-3-7-12;/h1-3,6-7,11H,4-5,8-10,14H2;1H/t11-;/m1./s1. The third-order valence-corrected chi connectivity index (χ3v) is 2.92. The molecule has 100 valence electrons. The number of likely N-dealkylation sites (tertiary alicyclic amines) is 1. The van der Waals surface area contributed by atoms with Gasteiger partial charge >= 0.3 is 0 Å². The predicted molar refractivity (Wildman–Crippen MR) is 73.0 cm³/mol. The number of hydrogen-bond acceptors (Lipinski definition) is 3. The van der Waals surface area contributed by atoms with Gasteiger partial charge in [-0.1, -0.05) is 18.2 Å². The molecule has 1 aliphatic heterocycles. The maximum absolute atomic E-state index is 11.9. The van der Waals surface area contributed by atoms with Crippen LogP contribution in [0.3, 0.4) is 0 Å². The zero-order valence-electron chi connectivity index (χ0n) is 10.2. The molecule has 1 saturated heterocycles. The first-order valence-corrected chi connectivity index (χ1v) is 5.97. The molecule has 2 rings (SSSR count). The molecule has 1 atom stereocenters. The number of nitrogens with zero attached hydrogens (tertiary/aromatic N) is 1. The highest BCUT2D eigenvalue weighted by Gasteiger charge is 2.21. The van der Waals surface area contributed by atoms with Crippen LogP contribution in [0.1, 0.15) is 12.8 Å². The largest absolute Gasteiger partial charge is 0.484 e. The van der Waals surface area contributed by atoms with Gasteiger partial charge in [0.15, 0.2) is 6.61 Å². The molecular formula is C13H19ClN2O2. The van der Waals surface area contributed by atoms with E-state index < -0.39 is 0 Å². The summed E-state index contributed by atoms with van der Waals surface area (Å²) in [5.41, 5.74) is 5.84. The average molecular weight is 271 g/mol. The number of benzene rings is 1. The van der Waals surface area contributed by atoms with Crippen molar-refractivity contribution in [2.24, 2.45) is 5.73 Å². The van der Waals surface area contributed by atoms with Crippen LogP contribution in [-0.2, 0) is 4.79 Å². The SMILES string of the molecule is Cl.N[C@@H]1CCCN(C(=O)COc2ccccc2)C1. The van der Waals surface area contributed by atoms with Gasteiger partial charge < -0.3 is 15.4 Å². The number of amides is 1. The Labute approximate surface area is 114 Å². The molecule has 1 aromatic rings. The lowest BCUT2D eigenvalue weighted by Crippen LogP contribution is -2.47. The summed E-state index contributed by atoms with van der Waals surface area (Å²) in [6, 6.07) is 9.49. The summed E-state index contributed by atoms with van der Waals surface area (Å²) in [6.07, 6.45) is 1.99. The number of rotatable bonds is 3. The molecule has 18 heavy (non-hydrogen) atoms. The van der Waals surface area contributed by atoms with Crippen LogP contribution in [0.15, 0.2) is 30.3 Å². The Bertz CT molecular complexity index is 373. The highest BCUT2D eigenvalue weighted by atomic mass is 35.5. The third kappa shape index (κ3) is 4.20. The number of halogens is 1. The molecule has 0 unspecified atom stereocenters. The molecule has 1 amide bonds. The van der Waals surface area contributed by atoms with E-state index in [0.717, 1.165) is 25.1 Å². The summed E-state index contributed by atoms with van der Waals surface area (Å²) < 4.78 is 5.42. The van der Waals surface area contributed by atoms with Crippen molar-refractivity contribution in [3.63, 3.8) is 0 Å². The van der Waals surface area contributed by atoms with E-state index >= 15 is 0 Å². The van der Waals surface area contributed by atoms with Gasteiger partial charge in [0.05, 0.1) is 0 Å². The quantitative estimate of drug-likeness (QED) is 0.904. The minimum Gasteiger partial charge on any atom is -0.484 e. The Morgan fingerprint density at radius 2 is 2.11 bits per heavy atom. The predicted octanol–water partition coefficient (Wildman–Crippen LogP) is 1.44. The number of carbonyl (C=O) groups is 1. The number of para-hydroxylation sites is 1. The Hall–Kier alpha value is -1.26. The summed E-state index contributed by atoms with van der Waals surface area (Å²) in [7, 11) is 0. The van der Waals surface area contributed by atoms with Crippen LogP contribution in [0.25, 0.3) is 0 Å². The van der Waals surface area contributed by atoms with Crippen molar-refractivity contribution in [2.75, 3.05) is 19.7 Å². The van der Waals surface area contributed by atoms with E-state index in [1.54, 1.807) is 4.90 Å². The van der Waals surface area contributed by atoms with Crippen molar-refractivity contribution in [3.05, 3.63) is 30.3 Å². The number of hydrogen-bond donors (Lipinski definition) is 1. The fourth-order valence-corrected chi connectivity index (χ4v) is 1.99. The molecule has 0 spiro atoms. The maximum Gasteiger partial charge on any atom is 0.260 e. The van der Waals surface area contributed by atoms with E-state index in [9.17, 15) is 4.79 Å². The van der Waals surface area contributed by atoms with Gasteiger partial charge in [-0.15, -0.1) is 12.4 Å². The van der Waals surface area contributed by atoms with Crippen LogP contribution in [0, 0.1) is 0 Å². The molecule has 0 aromatic heterocycles. The molecule has 1 aromatic carbocycles. The molecule has 0 bridgehead atoms. The van der Waals surface area contributed by atoms with Gasteiger partial charge in [0.2, 0.25) is 0 Å². The van der Waals surface area contributed by atoms with Crippen LogP contribution >= 0.6 is 12.4 Å². The van der Waals surface area contributed by atoms with Crippen LogP contribution in [0.5, 0.6) is 5.75 Å². The fraction of sp³-hybridized carbons (Fsp3) is 0.462. The van der Waals surface area contributed by atoms with Crippen molar-refractivity contribution >= 4 is 18.3 Å². The topological polar surface area (TPSA) is 55.6 Å². The maximum atomic E-state index is 11.9. The normalized spacial score (nSPS) is 18.9. The molecule has 2 N–H and O–H groups in total. The lowest BCUT2D eigenvalue weighted by molar-refractivity contribution is -0.134. The summed E-state index contributed by atoms with van der Waals surface area (Å²) in [6.45, 7) is 1.54. The van der Waals surface area contributed by atoms with Crippen LogP contribution < -0.4 is 10.5 Å². The number of carbonyl (C=O) groups excluding carboxylic acids is 1. The minimum absolute atomic E-state index is 0. The average Bonchev–Trinajstić information content (AvgIpc) is 2.37.